The zero-order valence-corrected chi connectivity index (χ0v) is 16.5. The van der Waals surface area contributed by atoms with Crippen LogP contribution in [0.2, 0.25) is 0 Å². The second kappa shape index (κ2) is 20.7. The van der Waals surface area contributed by atoms with Crippen LogP contribution in [0.15, 0.2) is 91.0 Å². The van der Waals surface area contributed by atoms with Crippen molar-refractivity contribution >= 4 is 44.2 Å². The van der Waals surface area contributed by atoms with Gasteiger partial charge in [-0.25, -0.2) is 0 Å². The van der Waals surface area contributed by atoms with Gasteiger partial charge in [-0.3, -0.25) is 14.4 Å². The first-order valence-corrected chi connectivity index (χ1v) is 9.53. The van der Waals surface area contributed by atoms with Gasteiger partial charge in [0.1, 0.15) is 0 Å². The Hall–Kier alpha value is -2.63. The Morgan fingerprint density at radius 1 is 0.536 bits per heavy atom. The van der Waals surface area contributed by atoms with Crippen LogP contribution in [-0.2, 0) is 33.2 Å². The van der Waals surface area contributed by atoms with Gasteiger partial charge in [-0.1, -0.05) is 91.0 Å². The van der Waals surface area contributed by atoms with E-state index in [-0.39, 0.29) is 0 Å². The molecule has 3 rings (SSSR count). The molecule has 0 aliphatic carbocycles. The van der Waals surface area contributed by atoms with E-state index < -0.39 is 22.9 Å². The minimum absolute atomic E-state index is 0.446. The van der Waals surface area contributed by atoms with Gasteiger partial charge in [-0.05, 0) is 23.8 Å². The quantitative estimate of drug-likeness (QED) is 0.628. The Balaban J connectivity index is 0. The summed E-state index contributed by atoms with van der Waals surface area (Å²) in [6, 6.07) is 32.3. The first kappa shape index (κ1) is 27.6. The van der Waals surface area contributed by atoms with Crippen LogP contribution in [0.4, 0.5) is 0 Å². The standard InChI is InChI=1S/C18H15P.3CO.Co.H2O.O/c1-4-10-16(11-5-1)19(17-12-6-2-7-13-17)18-14-8-3-9-15-18;3*1-2;;;/h1-15H;;;;;1H2;/q;;;;+1;;/p-1. The molecule has 5 nitrogen and oxygen atoms in total. The molecule has 7 heteroatoms. The summed E-state index contributed by atoms with van der Waals surface area (Å²) in [5.41, 5.74) is 0. The number of hydrogen-bond acceptors (Lipinski definition) is 4. The molecule has 0 spiro atoms. The monoisotopic (exact) mass is 438 g/mol. The van der Waals surface area contributed by atoms with E-state index in [1.54, 1.807) is 0 Å². The fourth-order valence-corrected chi connectivity index (χ4v) is 4.48. The van der Waals surface area contributed by atoms with Gasteiger partial charge >= 0.3 is 23.0 Å². The van der Waals surface area contributed by atoms with Crippen molar-refractivity contribution in [2.45, 2.75) is 0 Å². The normalized spacial score (nSPS) is 8.36. The molecule has 0 aromatic heterocycles. The van der Waals surface area contributed by atoms with Crippen molar-refractivity contribution in [2.75, 3.05) is 0 Å². The smallest absolute Gasteiger partial charge is 0.0134 e. The van der Waals surface area contributed by atoms with Gasteiger partial charge in [0, 0.05) is 0 Å². The molecule has 0 bridgehead atoms. The molecule has 0 saturated heterocycles. The van der Waals surface area contributed by atoms with Crippen molar-refractivity contribution in [2.24, 2.45) is 0 Å². The first-order valence-electron chi connectivity index (χ1n) is 7.30. The van der Waals surface area contributed by atoms with Gasteiger partial charge in [0.15, 0.2) is 0 Å². The summed E-state index contributed by atoms with van der Waals surface area (Å²) >= 11 is -0.812. The maximum Gasteiger partial charge on any atom is -0.0134 e. The van der Waals surface area contributed by atoms with Gasteiger partial charge in [0.2, 0.25) is 0 Å². The van der Waals surface area contributed by atoms with Crippen molar-refractivity contribution in [1.29, 1.82) is 0 Å². The predicted octanol–water partition coefficient (Wildman–Crippen LogP) is 1.58. The fourth-order valence-electron chi connectivity index (χ4n) is 2.18. The topological polar surface area (TPSA) is 88.5 Å². The molecule has 0 aliphatic rings. The zero-order valence-electron chi connectivity index (χ0n) is 14.5. The van der Waals surface area contributed by atoms with Crippen LogP contribution >= 0.6 is 7.92 Å². The average molecular weight is 438 g/mol. The Morgan fingerprint density at radius 3 is 0.893 bits per heavy atom. The van der Waals surface area contributed by atoms with Crippen LogP contribution in [0.1, 0.15) is 0 Å². The molecule has 0 fully saturated rings. The van der Waals surface area contributed by atoms with Crippen molar-refractivity contribution < 1.29 is 37.4 Å². The van der Waals surface area contributed by atoms with E-state index >= 15 is 0 Å². The van der Waals surface area contributed by atoms with Gasteiger partial charge in [0.05, 0.1) is 0 Å². The maximum atomic E-state index is 8.45. The van der Waals surface area contributed by atoms with Crippen LogP contribution < -0.4 is 15.9 Å². The minimum Gasteiger partial charge on any atom is -0.0622 e. The summed E-state index contributed by atoms with van der Waals surface area (Å²) in [4.78, 5) is 22.5. The number of hydrogen-bond donors (Lipinski definition) is 1. The molecule has 28 heavy (non-hydrogen) atoms. The molecule has 0 saturated carbocycles. The molecule has 3 aromatic carbocycles. The Labute approximate surface area is 172 Å². The maximum absolute atomic E-state index is 8.45. The molecule has 6 radical (unpaired) electrons. The van der Waals surface area contributed by atoms with E-state index in [2.05, 4.69) is 111 Å². The molecule has 0 aliphatic heterocycles. The van der Waals surface area contributed by atoms with E-state index in [1.165, 1.54) is 15.9 Å². The van der Waals surface area contributed by atoms with Crippen molar-refractivity contribution in [3.05, 3.63) is 91.0 Å². The van der Waals surface area contributed by atoms with Gasteiger partial charge < -0.3 is 0 Å². The van der Waals surface area contributed by atoms with E-state index in [9.17, 15) is 0 Å². The van der Waals surface area contributed by atoms with Gasteiger partial charge in [-0.2, -0.15) is 0 Å². The molecular weight excluding hydrogens is 422 g/mol. The molecule has 0 amide bonds. The van der Waals surface area contributed by atoms with E-state index in [4.69, 9.17) is 22.5 Å². The second-order valence-electron chi connectivity index (χ2n) is 4.40. The molecular formula is C21H16CoO5P. The molecule has 0 heterocycles. The summed E-state index contributed by atoms with van der Waals surface area (Å²) in [7, 11) is -0.446. The number of benzene rings is 3. The van der Waals surface area contributed by atoms with Crippen LogP contribution in [-0.4, -0.2) is 24.6 Å². The summed E-state index contributed by atoms with van der Waals surface area (Å²) in [5.74, 6) is 0. The molecule has 3 aromatic rings. The second-order valence-corrected chi connectivity index (χ2v) is 6.81. The summed E-state index contributed by atoms with van der Waals surface area (Å²) in [6.45, 7) is 13.5. The molecule has 0 atom stereocenters. The minimum atomic E-state index is -0.812. The molecule has 1 N–H and O–H groups in total. The SMILES string of the molecule is [C]=O.[C]=O.[C]=O.[O]=[Co][OH].c1ccc(P(c2ccccc2)c2ccccc2)cc1. The Bertz CT molecular complexity index is 631. The van der Waals surface area contributed by atoms with Crippen molar-refractivity contribution in [3.8, 4) is 0 Å². The molecule has 144 valence electrons. The number of rotatable bonds is 3. The average Bonchev–Trinajstić information content (AvgIpc) is 2.81. The Kier molecular flexibility index (Phi) is 20.4. The van der Waals surface area contributed by atoms with E-state index in [0.717, 1.165) is 0 Å². The van der Waals surface area contributed by atoms with Crippen molar-refractivity contribution in [1.82, 2.24) is 0 Å². The van der Waals surface area contributed by atoms with Gasteiger partial charge in [0.25, 0.3) is 20.4 Å². The third kappa shape index (κ3) is 10.5. The van der Waals surface area contributed by atoms with Crippen LogP contribution in [0, 0.1) is 0 Å². The first-order chi connectivity index (χ1) is 13.9. The zero-order chi connectivity index (χ0) is 21.6. The van der Waals surface area contributed by atoms with E-state index in [0.29, 0.717) is 0 Å². The largest absolute Gasteiger partial charge is 0.0622 e. The summed E-state index contributed by atoms with van der Waals surface area (Å²) in [5, 5.41) is 4.19. The van der Waals surface area contributed by atoms with Crippen LogP contribution in [0.3, 0.4) is 0 Å². The van der Waals surface area contributed by atoms with Crippen molar-refractivity contribution in [3.63, 3.8) is 0 Å². The van der Waals surface area contributed by atoms with Gasteiger partial charge in [-0.15, -0.1) is 0 Å². The van der Waals surface area contributed by atoms with E-state index in [1.807, 2.05) is 0 Å². The summed E-state index contributed by atoms with van der Waals surface area (Å²) < 4.78 is 15.4. The predicted molar refractivity (Wildman–Crippen MR) is 105 cm³/mol. The van der Waals surface area contributed by atoms with Crippen LogP contribution in [0.5, 0.6) is 0 Å². The van der Waals surface area contributed by atoms with Crippen LogP contribution in [0.25, 0.3) is 0 Å². The molecule has 0 unspecified atom stereocenters. The summed E-state index contributed by atoms with van der Waals surface area (Å²) in [6.07, 6.45) is 0. The Morgan fingerprint density at radius 2 is 0.714 bits per heavy atom. The number of carbonyl (C=O) groups excluding carboxylic acids is 3. The fraction of sp³-hybridized carbons (Fsp3) is 0. The third-order valence-corrected chi connectivity index (χ3v) is 5.49. The third-order valence-electron chi connectivity index (χ3n) is 3.04.